The molecular weight excluding hydrogens is 304 g/mol. The molecule has 1 heterocycles. The second-order valence-corrected chi connectivity index (χ2v) is 5.84. The first-order valence-electron chi connectivity index (χ1n) is 7.75. The predicted molar refractivity (Wildman–Crippen MR) is 88.2 cm³/mol. The maximum atomic E-state index is 12.6. The first kappa shape index (κ1) is 14.6. The number of carbonyl (C=O) groups excluding carboxylic acids is 1. The molecule has 1 aliphatic carbocycles. The van der Waals surface area contributed by atoms with Crippen LogP contribution in [0, 0.1) is 0 Å². The number of amides is 1. The Bertz CT molecular complexity index is 876. The van der Waals surface area contributed by atoms with Crippen LogP contribution in [0.5, 0.6) is 0 Å². The van der Waals surface area contributed by atoms with Gasteiger partial charge in [-0.15, -0.1) is 0 Å². The molecule has 1 aliphatic rings. The molecule has 0 spiro atoms. The number of hydrogen-bond acceptors (Lipinski definition) is 4. The number of aromatic amines is 1. The highest BCUT2D eigenvalue weighted by molar-refractivity contribution is 5.95. The van der Waals surface area contributed by atoms with Gasteiger partial charge in [0.15, 0.2) is 5.82 Å². The van der Waals surface area contributed by atoms with Gasteiger partial charge in [0.2, 0.25) is 0 Å². The fourth-order valence-corrected chi connectivity index (χ4v) is 3.12. The summed E-state index contributed by atoms with van der Waals surface area (Å²) >= 11 is 0. The number of fused-ring (bicyclic) bond motifs is 1. The smallest absolute Gasteiger partial charge is 0.251 e. The Hall–Kier alpha value is -2.99. The fraction of sp³-hybridized carbons (Fsp3) is 0.167. The van der Waals surface area contributed by atoms with Crippen LogP contribution in [0.2, 0.25) is 0 Å². The Kier molecular flexibility index (Phi) is 3.59. The van der Waals surface area contributed by atoms with Gasteiger partial charge in [0.25, 0.3) is 5.91 Å². The van der Waals surface area contributed by atoms with Crippen LogP contribution in [0.4, 0.5) is 0 Å². The van der Waals surface area contributed by atoms with Crippen molar-refractivity contribution in [1.29, 1.82) is 0 Å². The zero-order valence-electron chi connectivity index (χ0n) is 12.8. The lowest BCUT2D eigenvalue weighted by Crippen LogP contribution is -2.33. The van der Waals surface area contributed by atoms with Crippen LogP contribution in [0.15, 0.2) is 54.9 Å². The third kappa shape index (κ3) is 2.57. The summed E-state index contributed by atoms with van der Waals surface area (Å²) in [5.41, 5.74) is 3.35. The summed E-state index contributed by atoms with van der Waals surface area (Å²) in [5, 5.41) is 19.8. The molecule has 0 aliphatic heterocycles. The van der Waals surface area contributed by atoms with Gasteiger partial charge < -0.3 is 10.4 Å². The van der Waals surface area contributed by atoms with E-state index < -0.39 is 6.10 Å². The minimum absolute atomic E-state index is 0.225. The Morgan fingerprint density at radius 1 is 1.21 bits per heavy atom. The van der Waals surface area contributed by atoms with Gasteiger partial charge in [0, 0.05) is 17.5 Å². The highest BCUT2D eigenvalue weighted by Gasteiger charge is 2.32. The lowest BCUT2D eigenvalue weighted by Gasteiger charge is -2.18. The molecule has 0 radical (unpaired) electrons. The van der Waals surface area contributed by atoms with E-state index in [0.717, 1.165) is 16.7 Å². The Balaban J connectivity index is 1.58. The van der Waals surface area contributed by atoms with E-state index in [1.165, 1.54) is 6.33 Å². The van der Waals surface area contributed by atoms with Crippen LogP contribution in [0.3, 0.4) is 0 Å². The fourth-order valence-electron chi connectivity index (χ4n) is 3.12. The number of nitrogens with one attached hydrogen (secondary N) is 2. The minimum atomic E-state index is -0.608. The second-order valence-electron chi connectivity index (χ2n) is 5.84. The van der Waals surface area contributed by atoms with Gasteiger partial charge >= 0.3 is 0 Å². The molecule has 24 heavy (non-hydrogen) atoms. The minimum Gasteiger partial charge on any atom is -0.390 e. The van der Waals surface area contributed by atoms with E-state index in [1.807, 2.05) is 30.3 Å². The first-order chi connectivity index (χ1) is 11.7. The SMILES string of the molecule is O=C(NC1c2ccccc2CC1O)c1cccc(-c2ncn[nH]2)c1. The zero-order valence-corrected chi connectivity index (χ0v) is 12.8. The van der Waals surface area contributed by atoms with E-state index in [9.17, 15) is 9.90 Å². The molecule has 3 aromatic rings. The first-order valence-corrected chi connectivity index (χ1v) is 7.75. The molecule has 1 aromatic heterocycles. The summed E-state index contributed by atoms with van der Waals surface area (Å²) in [6.45, 7) is 0. The largest absolute Gasteiger partial charge is 0.390 e. The third-order valence-electron chi connectivity index (χ3n) is 4.30. The van der Waals surface area contributed by atoms with Gasteiger partial charge in [0.1, 0.15) is 6.33 Å². The van der Waals surface area contributed by atoms with Gasteiger partial charge in [-0.25, -0.2) is 4.98 Å². The molecule has 2 unspecified atom stereocenters. The number of H-pyrrole nitrogens is 1. The maximum Gasteiger partial charge on any atom is 0.251 e. The molecule has 120 valence electrons. The highest BCUT2D eigenvalue weighted by Crippen LogP contribution is 2.31. The van der Waals surface area contributed by atoms with Gasteiger partial charge in [-0.3, -0.25) is 9.89 Å². The lowest BCUT2D eigenvalue weighted by molar-refractivity contribution is 0.0858. The van der Waals surface area contributed by atoms with Crippen molar-refractivity contribution in [3.8, 4) is 11.4 Å². The molecule has 6 heteroatoms. The average molecular weight is 320 g/mol. The molecular formula is C18H16N4O2. The van der Waals surface area contributed by atoms with Gasteiger partial charge in [-0.2, -0.15) is 5.10 Å². The summed E-state index contributed by atoms with van der Waals surface area (Å²) in [5.74, 6) is 0.382. The van der Waals surface area contributed by atoms with Gasteiger partial charge in [0.05, 0.1) is 12.1 Å². The highest BCUT2D eigenvalue weighted by atomic mass is 16.3. The van der Waals surface area contributed by atoms with Gasteiger partial charge in [-0.05, 0) is 23.3 Å². The monoisotopic (exact) mass is 320 g/mol. The maximum absolute atomic E-state index is 12.6. The Morgan fingerprint density at radius 2 is 2.08 bits per heavy atom. The van der Waals surface area contributed by atoms with Crippen molar-refractivity contribution in [3.63, 3.8) is 0 Å². The number of carbonyl (C=O) groups is 1. The molecule has 6 nitrogen and oxygen atoms in total. The van der Waals surface area contributed by atoms with E-state index in [4.69, 9.17) is 0 Å². The molecule has 4 rings (SSSR count). The average Bonchev–Trinajstić information content (AvgIpc) is 3.24. The molecule has 0 bridgehead atoms. The normalized spacial score (nSPS) is 19.0. The van der Waals surface area contributed by atoms with Crippen molar-refractivity contribution in [2.75, 3.05) is 0 Å². The topological polar surface area (TPSA) is 90.9 Å². The zero-order chi connectivity index (χ0) is 16.5. The number of aliphatic hydroxyl groups excluding tert-OH is 1. The molecule has 0 saturated carbocycles. The number of aliphatic hydroxyl groups is 1. The van der Waals surface area contributed by atoms with Crippen molar-refractivity contribution in [1.82, 2.24) is 20.5 Å². The molecule has 0 saturated heterocycles. The van der Waals surface area contributed by atoms with Crippen LogP contribution in [-0.4, -0.2) is 32.3 Å². The number of benzene rings is 2. The number of aromatic nitrogens is 3. The quantitative estimate of drug-likeness (QED) is 0.687. The van der Waals surface area contributed by atoms with Crippen molar-refractivity contribution in [2.24, 2.45) is 0 Å². The summed E-state index contributed by atoms with van der Waals surface area (Å²) < 4.78 is 0. The lowest BCUT2D eigenvalue weighted by atomic mass is 10.1. The Morgan fingerprint density at radius 3 is 2.92 bits per heavy atom. The summed E-state index contributed by atoms with van der Waals surface area (Å²) in [4.78, 5) is 16.7. The number of hydrogen-bond donors (Lipinski definition) is 3. The van der Waals surface area contributed by atoms with E-state index in [2.05, 4.69) is 20.5 Å². The van der Waals surface area contributed by atoms with E-state index in [-0.39, 0.29) is 11.9 Å². The summed E-state index contributed by atoms with van der Waals surface area (Å²) in [6, 6.07) is 14.5. The summed E-state index contributed by atoms with van der Waals surface area (Å²) in [7, 11) is 0. The molecule has 1 amide bonds. The van der Waals surface area contributed by atoms with Crippen molar-refractivity contribution in [2.45, 2.75) is 18.6 Å². The van der Waals surface area contributed by atoms with Crippen LogP contribution in [-0.2, 0) is 6.42 Å². The van der Waals surface area contributed by atoms with Crippen LogP contribution in [0.25, 0.3) is 11.4 Å². The van der Waals surface area contributed by atoms with Crippen LogP contribution >= 0.6 is 0 Å². The van der Waals surface area contributed by atoms with Crippen molar-refractivity contribution in [3.05, 3.63) is 71.5 Å². The van der Waals surface area contributed by atoms with E-state index in [0.29, 0.717) is 17.8 Å². The standard InChI is InChI=1S/C18H16N4O2/c23-15-9-11-4-1-2-7-14(11)16(15)21-18(24)13-6-3-5-12(8-13)17-19-10-20-22-17/h1-8,10,15-16,23H,9H2,(H,21,24)(H,19,20,22). The van der Waals surface area contributed by atoms with Gasteiger partial charge in [-0.1, -0.05) is 36.4 Å². The van der Waals surface area contributed by atoms with E-state index in [1.54, 1.807) is 18.2 Å². The summed E-state index contributed by atoms with van der Waals surface area (Å²) in [6.07, 6.45) is 1.37. The molecule has 3 N–H and O–H groups in total. The van der Waals surface area contributed by atoms with E-state index >= 15 is 0 Å². The molecule has 2 atom stereocenters. The molecule has 0 fully saturated rings. The third-order valence-corrected chi connectivity index (χ3v) is 4.30. The Labute approximate surface area is 138 Å². The van der Waals surface area contributed by atoms with Crippen molar-refractivity contribution < 1.29 is 9.90 Å². The van der Waals surface area contributed by atoms with Crippen LogP contribution in [0.1, 0.15) is 27.5 Å². The number of nitrogens with zero attached hydrogens (tertiary/aromatic N) is 2. The van der Waals surface area contributed by atoms with Crippen LogP contribution < -0.4 is 5.32 Å². The predicted octanol–water partition coefficient (Wildman–Crippen LogP) is 1.86. The molecule has 2 aromatic carbocycles. The van der Waals surface area contributed by atoms with Crippen molar-refractivity contribution >= 4 is 5.91 Å². The second kappa shape index (κ2) is 5.90. The number of rotatable bonds is 3.